The highest BCUT2D eigenvalue weighted by Crippen LogP contribution is 2.25. The van der Waals surface area contributed by atoms with Gasteiger partial charge in [0, 0.05) is 12.4 Å². The van der Waals surface area contributed by atoms with Crippen molar-refractivity contribution in [2.24, 2.45) is 12.8 Å². The zero-order chi connectivity index (χ0) is 11.7. The second-order valence-corrected chi connectivity index (χ2v) is 4.55. The third kappa shape index (κ3) is 1.83. The van der Waals surface area contributed by atoms with Gasteiger partial charge in [0.25, 0.3) is 0 Å². The number of aryl methyl sites for hydroxylation is 1. The van der Waals surface area contributed by atoms with Crippen LogP contribution in [0, 0.1) is 0 Å². The van der Waals surface area contributed by atoms with Crippen molar-refractivity contribution in [3.8, 4) is 0 Å². The smallest absolute Gasteiger partial charge is 0.0728 e. The molecular formula is C13H19N3. The molecule has 2 N–H and O–H groups in total. The molecule has 0 fully saturated rings. The molecule has 0 aliphatic carbocycles. The normalized spacial score (nSPS) is 11.6. The highest BCUT2D eigenvalue weighted by Gasteiger charge is 2.11. The Labute approximate surface area is 96.2 Å². The zero-order valence-electron chi connectivity index (χ0n) is 10.2. The van der Waals surface area contributed by atoms with Gasteiger partial charge in [0.05, 0.1) is 11.2 Å². The van der Waals surface area contributed by atoms with Crippen LogP contribution in [0.2, 0.25) is 0 Å². The van der Waals surface area contributed by atoms with Crippen LogP contribution in [0.3, 0.4) is 0 Å². The Balaban J connectivity index is 2.57. The summed E-state index contributed by atoms with van der Waals surface area (Å²) in [5.74, 6) is 0.462. The van der Waals surface area contributed by atoms with Crippen molar-refractivity contribution in [2.75, 3.05) is 6.54 Å². The monoisotopic (exact) mass is 217 g/mol. The Kier molecular flexibility index (Phi) is 2.97. The highest BCUT2D eigenvalue weighted by atomic mass is 15.3. The van der Waals surface area contributed by atoms with E-state index < -0.39 is 0 Å². The number of aromatic nitrogens is 2. The number of nitrogens with two attached hydrogens (primary N) is 1. The minimum absolute atomic E-state index is 0.462. The van der Waals surface area contributed by atoms with Crippen LogP contribution in [0.15, 0.2) is 18.2 Å². The molecule has 0 aliphatic rings. The van der Waals surface area contributed by atoms with Gasteiger partial charge in [0.1, 0.15) is 0 Å². The number of rotatable bonds is 3. The van der Waals surface area contributed by atoms with Crippen molar-refractivity contribution in [1.82, 2.24) is 9.78 Å². The quantitative estimate of drug-likeness (QED) is 0.856. The number of fused-ring (bicyclic) bond motifs is 1. The van der Waals surface area contributed by atoms with Gasteiger partial charge < -0.3 is 5.73 Å². The van der Waals surface area contributed by atoms with Crippen LogP contribution in [0.1, 0.15) is 31.0 Å². The van der Waals surface area contributed by atoms with Gasteiger partial charge >= 0.3 is 0 Å². The van der Waals surface area contributed by atoms with Crippen LogP contribution in [0.5, 0.6) is 0 Å². The number of hydrogen-bond donors (Lipinski definition) is 1. The van der Waals surface area contributed by atoms with Gasteiger partial charge in [-0.05, 0) is 30.5 Å². The lowest BCUT2D eigenvalue weighted by Gasteiger charge is -2.01. The molecule has 0 amide bonds. The van der Waals surface area contributed by atoms with Crippen LogP contribution in [-0.2, 0) is 13.5 Å². The molecular weight excluding hydrogens is 198 g/mol. The van der Waals surface area contributed by atoms with Crippen LogP contribution in [0.25, 0.3) is 10.9 Å². The van der Waals surface area contributed by atoms with Gasteiger partial charge in [0.2, 0.25) is 0 Å². The molecule has 1 aromatic carbocycles. The van der Waals surface area contributed by atoms with E-state index in [4.69, 9.17) is 5.73 Å². The summed E-state index contributed by atoms with van der Waals surface area (Å²) in [6.07, 6.45) is 0.929. The highest BCUT2D eigenvalue weighted by molar-refractivity contribution is 5.83. The Hall–Kier alpha value is -1.35. The van der Waals surface area contributed by atoms with Crippen LogP contribution >= 0.6 is 0 Å². The summed E-state index contributed by atoms with van der Waals surface area (Å²) < 4.78 is 1.96. The lowest BCUT2D eigenvalue weighted by Crippen LogP contribution is -2.02. The van der Waals surface area contributed by atoms with Crippen molar-refractivity contribution in [1.29, 1.82) is 0 Å². The van der Waals surface area contributed by atoms with Crippen molar-refractivity contribution < 1.29 is 0 Å². The van der Waals surface area contributed by atoms with E-state index >= 15 is 0 Å². The lowest BCUT2D eigenvalue weighted by molar-refractivity contribution is 0.728. The maximum atomic E-state index is 5.57. The number of hydrogen-bond acceptors (Lipinski definition) is 2. The fourth-order valence-electron chi connectivity index (χ4n) is 2.08. The molecule has 86 valence electrons. The van der Waals surface area contributed by atoms with Crippen LogP contribution in [-0.4, -0.2) is 16.3 Å². The molecule has 0 spiro atoms. The Bertz CT molecular complexity index is 497. The molecule has 3 heteroatoms. The van der Waals surface area contributed by atoms with Gasteiger partial charge in [-0.2, -0.15) is 5.10 Å². The van der Waals surface area contributed by atoms with Crippen LogP contribution < -0.4 is 5.73 Å². The molecule has 0 bridgehead atoms. The van der Waals surface area contributed by atoms with Crippen molar-refractivity contribution in [3.63, 3.8) is 0 Å². The molecule has 0 radical (unpaired) electrons. The molecule has 0 aliphatic heterocycles. The van der Waals surface area contributed by atoms with E-state index in [1.807, 2.05) is 11.7 Å². The predicted molar refractivity (Wildman–Crippen MR) is 67.6 cm³/mol. The first kappa shape index (κ1) is 11.1. The molecule has 0 atom stereocenters. The summed E-state index contributed by atoms with van der Waals surface area (Å²) >= 11 is 0. The molecule has 1 heterocycles. The van der Waals surface area contributed by atoms with E-state index in [1.165, 1.54) is 22.2 Å². The Morgan fingerprint density at radius 1 is 1.38 bits per heavy atom. The first-order chi connectivity index (χ1) is 7.63. The van der Waals surface area contributed by atoms with E-state index in [0.29, 0.717) is 12.5 Å². The Morgan fingerprint density at radius 2 is 2.12 bits per heavy atom. The molecule has 0 saturated carbocycles. The molecule has 1 aromatic heterocycles. The minimum Gasteiger partial charge on any atom is -0.330 e. The van der Waals surface area contributed by atoms with Gasteiger partial charge in [-0.1, -0.05) is 26.0 Å². The Morgan fingerprint density at radius 3 is 2.75 bits per heavy atom. The standard InChI is InChI=1S/C13H19N3/c1-9(2)13-11-5-4-10(6-7-14)8-12(11)16(3)15-13/h4-5,8-9H,6-7,14H2,1-3H3. The molecule has 2 aromatic rings. The van der Waals surface area contributed by atoms with E-state index in [2.05, 4.69) is 37.1 Å². The maximum Gasteiger partial charge on any atom is 0.0728 e. The van der Waals surface area contributed by atoms with Gasteiger partial charge in [-0.15, -0.1) is 0 Å². The summed E-state index contributed by atoms with van der Waals surface area (Å²) in [5, 5.41) is 5.84. The van der Waals surface area contributed by atoms with E-state index in [0.717, 1.165) is 6.42 Å². The summed E-state index contributed by atoms with van der Waals surface area (Å²) in [6, 6.07) is 6.52. The molecule has 2 rings (SSSR count). The largest absolute Gasteiger partial charge is 0.330 e. The van der Waals surface area contributed by atoms with Crippen molar-refractivity contribution in [3.05, 3.63) is 29.5 Å². The predicted octanol–water partition coefficient (Wildman–Crippen LogP) is 2.20. The average molecular weight is 217 g/mol. The van der Waals surface area contributed by atoms with Crippen molar-refractivity contribution in [2.45, 2.75) is 26.2 Å². The van der Waals surface area contributed by atoms with E-state index in [1.54, 1.807) is 0 Å². The molecule has 0 saturated heterocycles. The number of nitrogens with zero attached hydrogens (tertiary/aromatic N) is 2. The minimum atomic E-state index is 0.462. The van der Waals surface area contributed by atoms with Crippen molar-refractivity contribution >= 4 is 10.9 Å². The summed E-state index contributed by atoms with van der Waals surface area (Å²) in [7, 11) is 2.00. The topological polar surface area (TPSA) is 43.8 Å². The molecule has 0 unspecified atom stereocenters. The summed E-state index contributed by atoms with van der Waals surface area (Å²) in [6.45, 7) is 5.05. The second-order valence-electron chi connectivity index (χ2n) is 4.55. The van der Waals surface area contributed by atoms with Gasteiger partial charge in [-0.3, -0.25) is 4.68 Å². The first-order valence-corrected chi connectivity index (χ1v) is 5.79. The maximum absolute atomic E-state index is 5.57. The summed E-state index contributed by atoms with van der Waals surface area (Å²) in [4.78, 5) is 0. The number of benzene rings is 1. The lowest BCUT2D eigenvalue weighted by atomic mass is 10.0. The van der Waals surface area contributed by atoms with Gasteiger partial charge in [-0.25, -0.2) is 0 Å². The second kappa shape index (κ2) is 4.26. The summed E-state index contributed by atoms with van der Waals surface area (Å²) in [5.41, 5.74) is 9.24. The molecule has 3 nitrogen and oxygen atoms in total. The van der Waals surface area contributed by atoms with E-state index in [9.17, 15) is 0 Å². The third-order valence-corrected chi connectivity index (χ3v) is 2.92. The third-order valence-electron chi connectivity index (χ3n) is 2.92. The van der Waals surface area contributed by atoms with Gasteiger partial charge in [0.15, 0.2) is 0 Å². The zero-order valence-corrected chi connectivity index (χ0v) is 10.2. The SMILES string of the molecule is CC(C)c1nn(C)c2cc(CCN)ccc12. The average Bonchev–Trinajstić information content (AvgIpc) is 2.57. The molecule has 16 heavy (non-hydrogen) atoms. The fourth-order valence-corrected chi connectivity index (χ4v) is 2.08. The van der Waals surface area contributed by atoms with E-state index in [-0.39, 0.29) is 0 Å². The fraction of sp³-hybridized carbons (Fsp3) is 0.462. The first-order valence-electron chi connectivity index (χ1n) is 5.79. The van der Waals surface area contributed by atoms with Crippen LogP contribution in [0.4, 0.5) is 0 Å².